The van der Waals surface area contributed by atoms with Crippen molar-refractivity contribution in [2.24, 2.45) is 0 Å². The molecule has 6 heteroatoms. The standard InChI is InChI=1S/C12H15N3O3/c1-8-3-2-4-10(11(8)15(17)18)12(16)14-9-5-6-13-7-9/h2-4,9,13H,5-7H2,1H3,(H,14,16)/t9-/m1/s1. The van der Waals surface area contributed by atoms with Crippen LogP contribution in [-0.4, -0.2) is 30.0 Å². The average molecular weight is 249 g/mol. The lowest BCUT2D eigenvalue weighted by Crippen LogP contribution is -2.36. The molecule has 0 spiro atoms. The van der Waals surface area contributed by atoms with Gasteiger partial charge in [-0.15, -0.1) is 0 Å². The summed E-state index contributed by atoms with van der Waals surface area (Å²) in [6.07, 6.45) is 0.853. The van der Waals surface area contributed by atoms with Crippen molar-refractivity contribution in [1.82, 2.24) is 10.6 Å². The van der Waals surface area contributed by atoms with Crippen LogP contribution in [0.2, 0.25) is 0 Å². The van der Waals surface area contributed by atoms with Crippen LogP contribution in [0.3, 0.4) is 0 Å². The van der Waals surface area contributed by atoms with Gasteiger partial charge >= 0.3 is 0 Å². The predicted octanol–water partition coefficient (Wildman–Crippen LogP) is 0.995. The van der Waals surface area contributed by atoms with Crippen LogP contribution in [0.25, 0.3) is 0 Å². The molecule has 1 aromatic rings. The summed E-state index contributed by atoms with van der Waals surface area (Å²) in [6, 6.07) is 4.83. The van der Waals surface area contributed by atoms with E-state index < -0.39 is 4.92 Å². The van der Waals surface area contributed by atoms with Crippen LogP contribution >= 0.6 is 0 Å². The normalized spacial score (nSPS) is 18.6. The topological polar surface area (TPSA) is 84.3 Å². The van der Waals surface area contributed by atoms with Crippen molar-refractivity contribution in [3.05, 3.63) is 39.4 Å². The number of amides is 1. The van der Waals surface area contributed by atoms with E-state index in [2.05, 4.69) is 10.6 Å². The van der Waals surface area contributed by atoms with Gasteiger partial charge in [-0.1, -0.05) is 12.1 Å². The first-order chi connectivity index (χ1) is 8.59. The predicted molar refractivity (Wildman–Crippen MR) is 66.6 cm³/mol. The number of hydrogen-bond donors (Lipinski definition) is 2. The summed E-state index contributed by atoms with van der Waals surface area (Å²) in [4.78, 5) is 22.5. The zero-order valence-electron chi connectivity index (χ0n) is 10.1. The van der Waals surface area contributed by atoms with Gasteiger partial charge in [0.1, 0.15) is 5.56 Å². The van der Waals surface area contributed by atoms with E-state index >= 15 is 0 Å². The first kappa shape index (κ1) is 12.5. The lowest BCUT2D eigenvalue weighted by Gasteiger charge is -2.11. The number of nitrogens with zero attached hydrogens (tertiary/aromatic N) is 1. The molecule has 0 aliphatic carbocycles. The Balaban J connectivity index is 2.24. The molecule has 96 valence electrons. The minimum Gasteiger partial charge on any atom is -0.348 e. The van der Waals surface area contributed by atoms with Crippen molar-refractivity contribution in [1.29, 1.82) is 0 Å². The van der Waals surface area contributed by atoms with E-state index in [0.717, 1.165) is 13.0 Å². The molecule has 0 aromatic heterocycles. The maximum atomic E-state index is 12.0. The number of hydrogen-bond acceptors (Lipinski definition) is 4. The van der Waals surface area contributed by atoms with E-state index in [1.165, 1.54) is 6.07 Å². The molecule has 0 radical (unpaired) electrons. The molecular weight excluding hydrogens is 234 g/mol. The molecule has 0 bridgehead atoms. The number of nitrogens with one attached hydrogen (secondary N) is 2. The highest BCUT2D eigenvalue weighted by Crippen LogP contribution is 2.23. The molecular formula is C12H15N3O3. The van der Waals surface area contributed by atoms with Gasteiger partial charge in [-0.3, -0.25) is 14.9 Å². The second kappa shape index (κ2) is 5.14. The number of aryl methyl sites for hydroxylation is 1. The van der Waals surface area contributed by atoms with Gasteiger partial charge in [0.05, 0.1) is 4.92 Å². The van der Waals surface area contributed by atoms with Gasteiger partial charge in [0, 0.05) is 18.2 Å². The van der Waals surface area contributed by atoms with Crippen LogP contribution < -0.4 is 10.6 Å². The third-order valence-electron chi connectivity index (χ3n) is 3.06. The molecule has 0 saturated carbocycles. The molecule has 1 atom stereocenters. The van der Waals surface area contributed by atoms with E-state index in [-0.39, 0.29) is 23.2 Å². The maximum Gasteiger partial charge on any atom is 0.285 e. The Kier molecular flexibility index (Phi) is 3.57. The molecule has 2 N–H and O–H groups in total. The van der Waals surface area contributed by atoms with E-state index in [0.29, 0.717) is 12.1 Å². The smallest absolute Gasteiger partial charge is 0.285 e. The SMILES string of the molecule is Cc1cccc(C(=O)N[C@@H]2CCNC2)c1[N+](=O)[O-]. The van der Waals surface area contributed by atoms with Crippen LogP contribution in [0.4, 0.5) is 5.69 Å². The van der Waals surface area contributed by atoms with Crippen molar-refractivity contribution in [3.8, 4) is 0 Å². The van der Waals surface area contributed by atoms with Crippen LogP contribution in [0.5, 0.6) is 0 Å². The molecule has 1 heterocycles. The summed E-state index contributed by atoms with van der Waals surface area (Å²) in [5.74, 6) is -0.376. The molecule has 0 unspecified atom stereocenters. The second-order valence-electron chi connectivity index (χ2n) is 4.39. The second-order valence-corrected chi connectivity index (χ2v) is 4.39. The average Bonchev–Trinajstić information content (AvgIpc) is 2.80. The third kappa shape index (κ3) is 2.48. The van der Waals surface area contributed by atoms with Crippen LogP contribution in [0.15, 0.2) is 18.2 Å². The molecule has 1 amide bonds. The molecule has 1 aliphatic rings. The van der Waals surface area contributed by atoms with Crippen molar-refractivity contribution in [2.75, 3.05) is 13.1 Å². The highest BCUT2D eigenvalue weighted by atomic mass is 16.6. The van der Waals surface area contributed by atoms with Gasteiger partial charge in [0.2, 0.25) is 0 Å². The lowest BCUT2D eigenvalue weighted by atomic mass is 10.1. The number of nitro groups is 1. The van der Waals surface area contributed by atoms with Gasteiger partial charge in [-0.2, -0.15) is 0 Å². The molecule has 6 nitrogen and oxygen atoms in total. The Morgan fingerprint density at radius 2 is 2.33 bits per heavy atom. The van der Waals surface area contributed by atoms with Gasteiger partial charge in [0.15, 0.2) is 0 Å². The lowest BCUT2D eigenvalue weighted by molar-refractivity contribution is -0.385. The summed E-state index contributed by atoms with van der Waals surface area (Å²) < 4.78 is 0. The van der Waals surface area contributed by atoms with E-state index in [1.807, 2.05) is 0 Å². The van der Waals surface area contributed by atoms with Crippen molar-refractivity contribution >= 4 is 11.6 Å². The number of para-hydroxylation sites is 1. The minimum atomic E-state index is -0.503. The van der Waals surface area contributed by atoms with Gasteiger partial charge in [0.25, 0.3) is 11.6 Å². The summed E-state index contributed by atoms with van der Waals surface area (Å²) in [6.45, 7) is 3.21. The van der Waals surface area contributed by atoms with Crippen LogP contribution in [-0.2, 0) is 0 Å². The van der Waals surface area contributed by atoms with Gasteiger partial charge < -0.3 is 10.6 Å². The molecule has 1 aromatic carbocycles. The third-order valence-corrected chi connectivity index (χ3v) is 3.06. The Bertz CT molecular complexity index is 481. The number of carbonyl (C=O) groups is 1. The highest BCUT2D eigenvalue weighted by molar-refractivity contribution is 5.98. The zero-order valence-corrected chi connectivity index (χ0v) is 10.1. The maximum absolute atomic E-state index is 12.0. The Morgan fingerprint density at radius 1 is 1.56 bits per heavy atom. The fourth-order valence-corrected chi connectivity index (χ4v) is 2.13. The zero-order chi connectivity index (χ0) is 13.1. The monoisotopic (exact) mass is 249 g/mol. The van der Waals surface area contributed by atoms with Gasteiger partial charge in [-0.25, -0.2) is 0 Å². The molecule has 1 fully saturated rings. The Morgan fingerprint density at radius 3 is 2.94 bits per heavy atom. The van der Waals surface area contributed by atoms with Crippen LogP contribution in [0, 0.1) is 17.0 Å². The van der Waals surface area contributed by atoms with Crippen molar-refractivity contribution in [2.45, 2.75) is 19.4 Å². The fourth-order valence-electron chi connectivity index (χ4n) is 2.13. The first-order valence-corrected chi connectivity index (χ1v) is 5.85. The quantitative estimate of drug-likeness (QED) is 0.618. The van der Waals surface area contributed by atoms with E-state index in [9.17, 15) is 14.9 Å². The minimum absolute atomic E-state index is 0.0533. The number of carbonyl (C=O) groups excluding carboxylic acids is 1. The summed E-state index contributed by atoms with van der Waals surface area (Å²) >= 11 is 0. The fraction of sp³-hybridized carbons (Fsp3) is 0.417. The first-order valence-electron chi connectivity index (χ1n) is 5.85. The summed E-state index contributed by atoms with van der Waals surface area (Å²) in [5, 5.41) is 16.9. The van der Waals surface area contributed by atoms with E-state index in [4.69, 9.17) is 0 Å². The molecule has 1 saturated heterocycles. The van der Waals surface area contributed by atoms with Crippen molar-refractivity contribution in [3.63, 3.8) is 0 Å². The Hall–Kier alpha value is -1.95. The number of nitro benzene ring substituents is 1. The van der Waals surface area contributed by atoms with Crippen molar-refractivity contribution < 1.29 is 9.72 Å². The van der Waals surface area contributed by atoms with E-state index in [1.54, 1.807) is 19.1 Å². The van der Waals surface area contributed by atoms with Gasteiger partial charge in [-0.05, 0) is 26.0 Å². The molecule has 2 rings (SSSR count). The highest BCUT2D eigenvalue weighted by Gasteiger charge is 2.25. The number of rotatable bonds is 3. The molecule has 18 heavy (non-hydrogen) atoms. The largest absolute Gasteiger partial charge is 0.348 e. The summed E-state index contributed by atoms with van der Waals surface area (Å²) in [5.41, 5.74) is 0.519. The summed E-state index contributed by atoms with van der Waals surface area (Å²) in [7, 11) is 0. The Labute approximate surface area is 105 Å². The van der Waals surface area contributed by atoms with Crippen LogP contribution in [0.1, 0.15) is 22.3 Å². The molecule has 1 aliphatic heterocycles. The number of benzene rings is 1.